The van der Waals surface area contributed by atoms with Crippen LogP contribution in [0, 0.1) is 11.7 Å². The Morgan fingerprint density at radius 3 is 2.74 bits per heavy atom. The van der Waals surface area contributed by atoms with Crippen LogP contribution in [0.15, 0.2) is 24.3 Å². The van der Waals surface area contributed by atoms with E-state index in [0.29, 0.717) is 18.2 Å². The lowest BCUT2D eigenvalue weighted by molar-refractivity contribution is 0.0566. The van der Waals surface area contributed by atoms with Gasteiger partial charge >= 0.3 is 0 Å². The summed E-state index contributed by atoms with van der Waals surface area (Å²) in [4.78, 5) is 15.2. The van der Waals surface area contributed by atoms with Crippen molar-refractivity contribution in [2.75, 3.05) is 13.1 Å². The average molecular weight is 393 g/mol. The number of halogens is 2. The smallest absolute Gasteiger partial charge is 0.274 e. The fourth-order valence-electron chi connectivity index (χ4n) is 4.28. The maximum atomic E-state index is 13.3. The topological polar surface area (TPSA) is 64.2 Å². The summed E-state index contributed by atoms with van der Waals surface area (Å²) in [5, 5.41) is 4.66. The van der Waals surface area contributed by atoms with Crippen LogP contribution in [0.5, 0.6) is 0 Å². The minimum atomic E-state index is -0.276. The summed E-state index contributed by atoms with van der Waals surface area (Å²) in [5.74, 6) is 0.309. The second-order valence-corrected chi connectivity index (χ2v) is 7.53. The van der Waals surface area contributed by atoms with Crippen molar-refractivity contribution < 1.29 is 9.18 Å². The lowest BCUT2D eigenvalue weighted by Gasteiger charge is -2.37. The zero-order valence-electron chi connectivity index (χ0n) is 15.5. The van der Waals surface area contributed by atoms with Gasteiger partial charge in [-0.25, -0.2) is 9.07 Å². The van der Waals surface area contributed by atoms with E-state index in [9.17, 15) is 9.18 Å². The molecule has 1 fully saturated rings. The predicted octanol–water partition coefficient (Wildman–Crippen LogP) is 3.12. The number of nitrogens with two attached hydrogens (primary N) is 1. The van der Waals surface area contributed by atoms with Gasteiger partial charge in [0.15, 0.2) is 5.69 Å². The van der Waals surface area contributed by atoms with Crippen LogP contribution in [-0.4, -0.2) is 39.7 Å². The van der Waals surface area contributed by atoms with Crippen molar-refractivity contribution in [3.63, 3.8) is 0 Å². The number of benzene rings is 1. The van der Waals surface area contributed by atoms with Crippen molar-refractivity contribution in [1.82, 2.24) is 14.7 Å². The minimum Gasteiger partial charge on any atom is -0.333 e. The van der Waals surface area contributed by atoms with Crippen LogP contribution in [0.4, 0.5) is 4.39 Å². The van der Waals surface area contributed by atoms with Gasteiger partial charge in [-0.15, -0.1) is 12.4 Å². The summed E-state index contributed by atoms with van der Waals surface area (Å²) in [6, 6.07) is 6.35. The number of hydrogen-bond acceptors (Lipinski definition) is 3. The lowest BCUT2D eigenvalue weighted by Crippen LogP contribution is -2.49. The van der Waals surface area contributed by atoms with Crippen LogP contribution in [-0.2, 0) is 12.8 Å². The Bertz CT molecular complexity index is 820. The molecule has 2 aromatic rings. The van der Waals surface area contributed by atoms with Crippen molar-refractivity contribution in [1.29, 1.82) is 0 Å². The molecule has 1 aromatic heterocycles. The molecular weight excluding hydrogens is 367 g/mol. The van der Waals surface area contributed by atoms with Gasteiger partial charge in [0, 0.05) is 30.4 Å². The summed E-state index contributed by atoms with van der Waals surface area (Å²) >= 11 is 0. The third-order valence-corrected chi connectivity index (χ3v) is 5.71. The van der Waals surface area contributed by atoms with E-state index in [1.165, 1.54) is 12.1 Å². The number of carbonyl (C=O) groups is 1. The molecule has 2 N–H and O–H groups in total. The van der Waals surface area contributed by atoms with Gasteiger partial charge < -0.3 is 10.6 Å². The fourth-order valence-corrected chi connectivity index (χ4v) is 4.28. The quantitative estimate of drug-likeness (QED) is 0.872. The van der Waals surface area contributed by atoms with E-state index in [1.54, 1.807) is 12.1 Å². The first-order chi connectivity index (χ1) is 12.6. The standard InChI is InChI=1S/C20H25FN4O.ClH/c1-13-9-10-24(16(11-13)12-22)20(26)19-17-3-2-4-18(17)25(23-19)15-7-5-14(21)6-8-15;/h5-8,13,16H,2-4,9-12,22H2,1H3;1H. The van der Waals surface area contributed by atoms with Crippen LogP contribution >= 0.6 is 12.4 Å². The molecule has 2 unspecified atom stereocenters. The molecule has 2 aliphatic rings. The number of rotatable bonds is 3. The van der Waals surface area contributed by atoms with Gasteiger partial charge in [-0.2, -0.15) is 5.10 Å². The molecular formula is C20H26ClFN4O. The van der Waals surface area contributed by atoms with Crippen molar-refractivity contribution in [2.24, 2.45) is 11.7 Å². The highest BCUT2D eigenvalue weighted by molar-refractivity contribution is 5.94. The molecule has 1 aliphatic carbocycles. The molecule has 1 aliphatic heterocycles. The third-order valence-electron chi connectivity index (χ3n) is 5.71. The number of nitrogens with zero attached hydrogens (tertiary/aromatic N) is 3. The molecule has 1 aromatic carbocycles. The molecule has 2 atom stereocenters. The number of likely N-dealkylation sites (tertiary alicyclic amines) is 1. The molecule has 2 heterocycles. The van der Waals surface area contributed by atoms with Crippen LogP contribution < -0.4 is 5.73 Å². The van der Waals surface area contributed by atoms with Crippen molar-refractivity contribution >= 4 is 18.3 Å². The number of aromatic nitrogens is 2. The Kier molecular flexibility index (Phi) is 5.86. The maximum absolute atomic E-state index is 13.3. The Balaban J connectivity index is 0.00000210. The molecule has 0 radical (unpaired) electrons. The maximum Gasteiger partial charge on any atom is 0.274 e. The van der Waals surface area contributed by atoms with Crippen molar-refractivity contribution in [3.8, 4) is 5.69 Å². The second-order valence-electron chi connectivity index (χ2n) is 7.53. The molecule has 4 rings (SSSR count). The number of amides is 1. The normalized spacial score (nSPS) is 21.7. The van der Waals surface area contributed by atoms with Crippen LogP contribution in [0.2, 0.25) is 0 Å². The summed E-state index contributed by atoms with van der Waals surface area (Å²) in [5.41, 5.74) is 9.42. The molecule has 0 saturated carbocycles. The first kappa shape index (κ1) is 19.8. The van der Waals surface area contributed by atoms with Crippen molar-refractivity contribution in [2.45, 2.75) is 45.1 Å². The SMILES string of the molecule is CC1CCN(C(=O)c2nn(-c3ccc(F)cc3)c3c2CCC3)C(CN)C1.Cl. The highest BCUT2D eigenvalue weighted by Gasteiger charge is 2.34. The summed E-state index contributed by atoms with van der Waals surface area (Å²) in [6.45, 7) is 3.43. The number of carbonyl (C=O) groups excluding carboxylic acids is 1. The lowest BCUT2D eigenvalue weighted by atomic mass is 9.92. The van der Waals surface area contributed by atoms with E-state index in [1.807, 2.05) is 9.58 Å². The number of fused-ring (bicyclic) bond motifs is 1. The molecule has 0 spiro atoms. The first-order valence-electron chi connectivity index (χ1n) is 9.46. The fraction of sp³-hybridized carbons (Fsp3) is 0.500. The number of hydrogen-bond donors (Lipinski definition) is 1. The van der Waals surface area contributed by atoms with Gasteiger partial charge in [0.05, 0.1) is 5.69 Å². The van der Waals surface area contributed by atoms with Crippen LogP contribution in [0.3, 0.4) is 0 Å². The van der Waals surface area contributed by atoms with E-state index in [0.717, 1.165) is 55.6 Å². The Morgan fingerprint density at radius 2 is 2.04 bits per heavy atom. The van der Waals surface area contributed by atoms with E-state index in [2.05, 4.69) is 12.0 Å². The van der Waals surface area contributed by atoms with Crippen LogP contribution in [0.25, 0.3) is 5.69 Å². The zero-order chi connectivity index (χ0) is 18.3. The monoisotopic (exact) mass is 392 g/mol. The first-order valence-corrected chi connectivity index (χ1v) is 9.46. The largest absolute Gasteiger partial charge is 0.333 e. The van der Waals surface area contributed by atoms with E-state index in [-0.39, 0.29) is 30.2 Å². The van der Waals surface area contributed by atoms with Crippen molar-refractivity contribution in [3.05, 3.63) is 47.0 Å². The highest BCUT2D eigenvalue weighted by Crippen LogP contribution is 2.30. The molecule has 146 valence electrons. The zero-order valence-corrected chi connectivity index (χ0v) is 16.3. The van der Waals surface area contributed by atoms with Gasteiger partial charge in [-0.1, -0.05) is 6.92 Å². The van der Waals surface area contributed by atoms with E-state index >= 15 is 0 Å². The molecule has 27 heavy (non-hydrogen) atoms. The molecule has 1 amide bonds. The second kappa shape index (κ2) is 7.98. The van der Waals surface area contributed by atoms with E-state index in [4.69, 9.17) is 5.73 Å². The van der Waals surface area contributed by atoms with Gasteiger partial charge in [0.25, 0.3) is 5.91 Å². The van der Waals surface area contributed by atoms with Gasteiger partial charge in [0.1, 0.15) is 5.82 Å². The molecule has 7 heteroatoms. The third kappa shape index (κ3) is 3.60. The summed E-state index contributed by atoms with van der Waals surface area (Å²) < 4.78 is 15.1. The number of piperidine rings is 1. The Hall–Kier alpha value is -1.92. The van der Waals surface area contributed by atoms with Crippen LogP contribution in [0.1, 0.15) is 47.9 Å². The average Bonchev–Trinajstić information content (AvgIpc) is 3.24. The van der Waals surface area contributed by atoms with Gasteiger partial charge in [0.2, 0.25) is 0 Å². The Morgan fingerprint density at radius 1 is 1.30 bits per heavy atom. The van der Waals surface area contributed by atoms with Gasteiger partial charge in [-0.05, 0) is 62.3 Å². The predicted molar refractivity (Wildman–Crippen MR) is 105 cm³/mol. The molecule has 0 bridgehead atoms. The minimum absolute atomic E-state index is 0. The Labute approximate surface area is 165 Å². The molecule has 1 saturated heterocycles. The summed E-state index contributed by atoms with van der Waals surface area (Å²) in [6.07, 6.45) is 4.73. The summed E-state index contributed by atoms with van der Waals surface area (Å²) in [7, 11) is 0. The van der Waals surface area contributed by atoms with Gasteiger partial charge in [-0.3, -0.25) is 4.79 Å². The molecule has 5 nitrogen and oxygen atoms in total. The highest BCUT2D eigenvalue weighted by atomic mass is 35.5. The van der Waals surface area contributed by atoms with E-state index < -0.39 is 0 Å².